The van der Waals surface area contributed by atoms with Crippen LogP contribution in [0.1, 0.15) is 0 Å². The fraction of sp³-hybridized carbons (Fsp3) is 0. The summed E-state index contributed by atoms with van der Waals surface area (Å²) in [5, 5.41) is 2.19. The minimum atomic E-state index is -0.370. The zero-order valence-electron chi connectivity index (χ0n) is 10.1. The molecule has 3 rings (SSSR count). The Hall–Kier alpha value is -2.55. The molecule has 0 aromatic heterocycles. The van der Waals surface area contributed by atoms with Gasteiger partial charge in [-0.05, 0) is 35.0 Å². The second-order valence-electron chi connectivity index (χ2n) is 4.29. The Morgan fingerprint density at radius 1 is 0.842 bits per heavy atom. The summed E-state index contributed by atoms with van der Waals surface area (Å²) in [5.41, 5.74) is 6.17. The van der Waals surface area contributed by atoms with E-state index >= 15 is 0 Å². The zero-order valence-corrected chi connectivity index (χ0v) is 10.1. The minimum absolute atomic E-state index is 0.329. The highest BCUT2D eigenvalue weighted by molar-refractivity contribution is 5.83. The predicted octanol–water partition coefficient (Wildman–Crippen LogP) is 4.35. The van der Waals surface area contributed by atoms with Crippen molar-refractivity contribution in [1.82, 2.24) is 0 Å². The molecule has 3 aromatic carbocycles. The fourth-order valence-electron chi connectivity index (χ4n) is 1.95. The van der Waals surface area contributed by atoms with Crippen LogP contribution in [0.15, 0.2) is 60.7 Å². The Kier molecular flexibility index (Phi) is 2.80. The highest BCUT2D eigenvalue weighted by Crippen LogP contribution is 2.30. The van der Waals surface area contributed by atoms with Gasteiger partial charge in [0.15, 0.2) is 5.75 Å². The van der Waals surface area contributed by atoms with Crippen molar-refractivity contribution in [2.45, 2.75) is 0 Å². The average molecular weight is 253 g/mol. The molecule has 0 saturated carbocycles. The van der Waals surface area contributed by atoms with Crippen LogP contribution in [0.2, 0.25) is 0 Å². The number of fused-ring (bicyclic) bond motifs is 1. The first kappa shape index (κ1) is 11.5. The molecule has 0 aliphatic carbocycles. The van der Waals surface area contributed by atoms with Crippen LogP contribution in [0.4, 0.5) is 10.1 Å². The summed E-state index contributed by atoms with van der Waals surface area (Å²) >= 11 is 0. The zero-order chi connectivity index (χ0) is 13.2. The van der Waals surface area contributed by atoms with Crippen LogP contribution in [-0.2, 0) is 0 Å². The maximum absolute atomic E-state index is 13.2. The van der Waals surface area contributed by atoms with Gasteiger partial charge in [-0.15, -0.1) is 0 Å². The van der Waals surface area contributed by atoms with Crippen molar-refractivity contribution in [3.63, 3.8) is 0 Å². The molecule has 0 radical (unpaired) electrons. The van der Waals surface area contributed by atoms with Crippen LogP contribution in [-0.4, -0.2) is 0 Å². The average Bonchev–Trinajstić information content (AvgIpc) is 2.43. The van der Waals surface area contributed by atoms with Crippen molar-refractivity contribution < 1.29 is 9.13 Å². The molecule has 2 nitrogen and oxygen atoms in total. The smallest absolute Gasteiger partial charge is 0.153 e. The van der Waals surface area contributed by atoms with Crippen LogP contribution < -0.4 is 10.5 Å². The number of hydrogen-bond donors (Lipinski definition) is 1. The summed E-state index contributed by atoms with van der Waals surface area (Å²) < 4.78 is 18.8. The van der Waals surface area contributed by atoms with Crippen molar-refractivity contribution in [2.24, 2.45) is 0 Å². The van der Waals surface area contributed by atoms with Gasteiger partial charge < -0.3 is 10.5 Å². The quantitative estimate of drug-likeness (QED) is 0.689. The van der Waals surface area contributed by atoms with Gasteiger partial charge >= 0.3 is 0 Å². The summed E-state index contributed by atoms with van der Waals surface area (Å²) in [6.45, 7) is 0. The summed E-state index contributed by atoms with van der Waals surface area (Å²) in [6, 6.07) is 17.7. The van der Waals surface area contributed by atoms with Crippen LogP contribution >= 0.6 is 0 Å². The highest BCUT2D eigenvalue weighted by atomic mass is 19.1. The van der Waals surface area contributed by atoms with Gasteiger partial charge in [0.25, 0.3) is 0 Å². The molecule has 3 aromatic rings. The number of nitrogen functional groups attached to an aromatic ring is 1. The Balaban J connectivity index is 1.98. The van der Waals surface area contributed by atoms with Crippen molar-refractivity contribution >= 4 is 16.5 Å². The van der Waals surface area contributed by atoms with Crippen LogP contribution in [0, 0.1) is 5.82 Å². The van der Waals surface area contributed by atoms with Gasteiger partial charge in [-0.25, -0.2) is 4.39 Å². The first-order valence-corrected chi connectivity index (χ1v) is 5.94. The molecule has 94 valence electrons. The second kappa shape index (κ2) is 4.61. The number of anilines is 1. The highest BCUT2D eigenvalue weighted by Gasteiger charge is 2.04. The topological polar surface area (TPSA) is 35.2 Å². The second-order valence-corrected chi connectivity index (χ2v) is 4.29. The van der Waals surface area contributed by atoms with Crippen molar-refractivity contribution in [3.8, 4) is 11.5 Å². The van der Waals surface area contributed by atoms with Crippen molar-refractivity contribution in [1.29, 1.82) is 0 Å². The van der Waals surface area contributed by atoms with Crippen LogP contribution in [0.25, 0.3) is 10.8 Å². The summed E-state index contributed by atoms with van der Waals surface area (Å²) in [4.78, 5) is 0. The van der Waals surface area contributed by atoms with E-state index in [0.29, 0.717) is 17.2 Å². The van der Waals surface area contributed by atoms with E-state index in [-0.39, 0.29) is 5.82 Å². The third-order valence-corrected chi connectivity index (χ3v) is 2.92. The van der Waals surface area contributed by atoms with Crippen molar-refractivity contribution in [3.05, 3.63) is 66.5 Å². The molecule has 0 amide bonds. The first-order valence-electron chi connectivity index (χ1n) is 5.94. The number of ether oxygens (including phenoxy) is 1. The van der Waals surface area contributed by atoms with E-state index in [9.17, 15) is 4.39 Å². The number of hydrogen-bond acceptors (Lipinski definition) is 2. The summed E-state index contributed by atoms with van der Waals surface area (Å²) in [5.74, 6) is 0.594. The summed E-state index contributed by atoms with van der Waals surface area (Å²) in [7, 11) is 0. The van der Waals surface area contributed by atoms with Gasteiger partial charge in [0, 0.05) is 6.07 Å². The molecule has 0 aliphatic rings. The SMILES string of the molecule is Nc1ccc(F)cc1Oc1ccc2ccccc2c1. The predicted molar refractivity (Wildman–Crippen MR) is 74.8 cm³/mol. The first-order chi connectivity index (χ1) is 9.22. The van der Waals surface area contributed by atoms with E-state index in [1.807, 2.05) is 42.5 Å². The van der Waals surface area contributed by atoms with E-state index in [2.05, 4.69) is 0 Å². The lowest BCUT2D eigenvalue weighted by atomic mass is 10.1. The van der Waals surface area contributed by atoms with Gasteiger partial charge in [-0.1, -0.05) is 30.3 Å². The minimum Gasteiger partial charge on any atom is -0.455 e. The lowest BCUT2D eigenvalue weighted by Crippen LogP contribution is -1.92. The van der Waals surface area contributed by atoms with E-state index in [4.69, 9.17) is 10.5 Å². The van der Waals surface area contributed by atoms with Gasteiger partial charge in [-0.2, -0.15) is 0 Å². The molecular weight excluding hydrogens is 241 g/mol. The normalized spacial score (nSPS) is 10.6. The number of nitrogens with two attached hydrogens (primary N) is 1. The molecule has 0 spiro atoms. The van der Waals surface area contributed by atoms with Gasteiger partial charge in [0.1, 0.15) is 11.6 Å². The molecule has 0 bridgehead atoms. The third kappa shape index (κ3) is 2.36. The molecule has 2 N–H and O–H groups in total. The molecular formula is C16H12FNO. The van der Waals surface area contributed by atoms with Gasteiger partial charge in [-0.3, -0.25) is 0 Å². The monoisotopic (exact) mass is 253 g/mol. The fourth-order valence-corrected chi connectivity index (χ4v) is 1.95. The maximum Gasteiger partial charge on any atom is 0.153 e. The van der Waals surface area contributed by atoms with E-state index in [1.54, 1.807) is 0 Å². The standard InChI is InChI=1S/C16H12FNO/c17-13-6-8-15(18)16(10-13)19-14-7-5-11-3-1-2-4-12(11)9-14/h1-10H,18H2. The molecule has 3 heteroatoms. The number of rotatable bonds is 2. The number of benzene rings is 3. The number of halogens is 1. The molecule has 0 heterocycles. The van der Waals surface area contributed by atoms with Gasteiger partial charge in [0.2, 0.25) is 0 Å². The molecule has 0 saturated heterocycles. The maximum atomic E-state index is 13.2. The van der Waals surface area contributed by atoms with Crippen LogP contribution in [0.3, 0.4) is 0 Å². The Morgan fingerprint density at radius 3 is 2.47 bits per heavy atom. The van der Waals surface area contributed by atoms with E-state index in [0.717, 1.165) is 10.8 Å². The lowest BCUT2D eigenvalue weighted by molar-refractivity contribution is 0.480. The van der Waals surface area contributed by atoms with Crippen LogP contribution in [0.5, 0.6) is 11.5 Å². The summed E-state index contributed by atoms with van der Waals surface area (Å²) in [6.07, 6.45) is 0. The Bertz CT molecular complexity index is 740. The third-order valence-electron chi connectivity index (χ3n) is 2.92. The van der Waals surface area contributed by atoms with Gasteiger partial charge in [0.05, 0.1) is 5.69 Å². The molecule has 0 atom stereocenters. The molecule has 19 heavy (non-hydrogen) atoms. The largest absolute Gasteiger partial charge is 0.455 e. The Morgan fingerprint density at radius 2 is 1.63 bits per heavy atom. The lowest BCUT2D eigenvalue weighted by Gasteiger charge is -2.09. The van der Waals surface area contributed by atoms with E-state index in [1.165, 1.54) is 18.2 Å². The molecule has 0 unspecified atom stereocenters. The van der Waals surface area contributed by atoms with E-state index < -0.39 is 0 Å². The molecule has 0 fully saturated rings. The Labute approximate surface area is 110 Å². The molecule has 0 aliphatic heterocycles. The van der Waals surface area contributed by atoms with Crippen molar-refractivity contribution in [2.75, 3.05) is 5.73 Å².